The predicted molar refractivity (Wildman–Crippen MR) is 116 cm³/mol. The molecule has 0 aliphatic rings. The maximum atomic E-state index is 12.2. The third-order valence-electron chi connectivity index (χ3n) is 4.16. The van der Waals surface area contributed by atoms with Gasteiger partial charge in [-0.05, 0) is 42.5 Å². The molecule has 0 radical (unpaired) electrons. The fourth-order valence-electron chi connectivity index (χ4n) is 2.64. The van der Waals surface area contributed by atoms with Gasteiger partial charge in [-0.25, -0.2) is 16.8 Å². The van der Waals surface area contributed by atoms with Gasteiger partial charge in [-0.2, -0.15) is 5.11 Å². The van der Waals surface area contributed by atoms with Crippen molar-refractivity contribution in [2.75, 3.05) is 49.3 Å². The van der Waals surface area contributed by atoms with Crippen LogP contribution in [0.3, 0.4) is 0 Å². The van der Waals surface area contributed by atoms with E-state index in [1.807, 2.05) is 0 Å². The van der Waals surface area contributed by atoms with Crippen LogP contribution in [-0.2, 0) is 24.4 Å². The Labute approximate surface area is 214 Å². The number of nitrogens with two attached hydrogens (primary N) is 1. The van der Waals surface area contributed by atoms with Gasteiger partial charge in [-0.1, -0.05) is 0 Å². The number of aliphatic hydroxyl groups excluding tert-OH is 2. The standard InChI is InChI=1S/C18H24N4O8S2.Na/c19-17-13-15(22(7-9-23)8-10-24)3-6-18(17)21-20-14-1-4-16(5-2-14)31(25,26)12-11-30-32(27,28)29;/h1-6,13,23-24H,7-12,19H2,(H,27,28,29);/q;+1/p-1. The van der Waals surface area contributed by atoms with Crippen LogP contribution in [0.25, 0.3) is 0 Å². The molecule has 176 valence electrons. The third-order valence-corrected chi connectivity index (χ3v) is 6.31. The molecular formula is C18H23N4NaO8S2. The molecule has 4 N–H and O–H groups in total. The molecule has 0 bridgehead atoms. The maximum absolute atomic E-state index is 12.2. The number of hydrogen-bond acceptors (Lipinski definition) is 12. The molecule has 0 saturated heterocycles. The molecule has 12 nitrogen and oxygen atoms in total. The number of nitrogens with zero attached hydrogens (tertiary/aromatic N) is 3. The molecule has 0 amide bonds. The van der Waals surface area contributed by atoms with Crippen molar-refractivity contribution in [3.8, 4) is 0 Å². The predicted octanol–water partition coefficient (Wildman–Crippen LogP) is -2.27. The van der Waals surface area contributed by atoms with E-state index in [2.05, 4.69) is 14.4 Å². The van der Waals surface area contributed by atoms with Crippen LogP contribution in [0.5, 0.6) is 0 Å². The van der Waals surface area contributed by atoms with Gasteiger partial charge in [0.05, 0.1) is 41.8 Å². The SMILES string of the molecule is Nc1cc(N(CCO)CCO)ccc1N=Nc1ccc(S(=O)(=O)CCOS(=O)(=O)[O-])cc1.[Na+]. The minimum Gasteiger partial charge on any atom is -0.726 e. The van der Waals surface area contributed by atoms with Gasteiger partial charge >= 0.3 is 29.6 Å². The van der Waals surface area contributed by atoms with Crippen LogP contribution < -0.4 is 40.2 Å². The minimum absolute atomic E-state index is 0. The van der Waals surface area contributed by atoms with Gasteiger partial charge < -0.3 is 25.4 Å². The van der Waals surface area contributed by atoms with Crippen LogP contribution in [-0.4, -0.2) is 70.3 Å². The monoisotopic (exact) mass is 510 g/mol. The van der Waals surface area contributed by atoms with Crippen LogP contribution in [0.1, 0.15) is 0 Å². The first-order valence-corrected chi connectivity index (χ1v) is 12.3. The first-order chi connectivity index (χ1) is 15.1. The van der Waals surface area contributed by atoms with E-state index in [1.165, 1.54) is 24.3 Å². The van der Waals surface area contributed by atoms with Gasteiger partial charge in [-0.3, -0.25) is 4.18 Å². The van der Waals surface area contributed by atoms with E-state index in [4.69, 9.17) is 15.9 Å². The van der Waals surface area contributed by atoms with Crippen molar-refractivity contribution < 1.29 is 65.3 Å². The second-order valence-electron chi connectivity index (χ2n) is 6.42. The van der Waals surface area contributed by atoms with E-state index >= 15 is 0 Å². The quantitative estimate of drug-likeness (QED) is 0.0921. The molecule has 2 aromatic rings. The normalized spacial score (nSPS) is 12.0. The fraction of sp³-hybridized carbons (Fsp3) is 0.333. The zero-order valence-electron chi connectivity index (χ0n) is 17.9. The van der Waals surface area contributed by atoms with Crippen LogP contribution in [0.2, 0.25) is 0 Å². The Bertz CT molecular complexity index is 1140. The topological polar surface area (TPSA) is 195 Å². The molecule has 0 fully saturated rings. The summed E-state index contributed by atoms with van der Waals surface area (Å²) in [6, 6.07) is 10.3. The molecule has 15 heteroatoms. The molecular weight excluding hydrogens is 487 g/mol. The van der Waals surface area contributed by atoms with Crippen molar-refractivity contribution in [2.45, 2.75) is 4.90 Å². The van der Waals surface area contributed by atoms with E-state index in [9.17, 15) is 21.4 Å². The van der Waals surface area contributed by atoms with Crippen molar-refractivity contribution in [1.29, 1.82) is 0 Å². The molecule has 0 heterocycles. The van der Waals surface area contributed by atoms with E-state index in [0.29, 0.717) is 35.8 Å². The Morgan fingerprint density at radius 1 is 0.970 bits per heavy atom. The summed E-state index contributed by atoms with van der Waals surface area (Å²) in [5.41, 5.74) is 7.74. The third kappa shape index (κ3) is 9.64. The Morgan fingerprint density at radius 2 is 1.58 bits per heavy atom. The van der Waals surface area contributed by atoms with Gasteiger partial charge in [0.1, 0.15) is 5.69 Å². The molecule has 0 spiro atoms. The number of aliphatic hydroxyl groups is 2. The number of benzene rings is 2. The van der Waals surface area contributed by atoms with Crippen LogP contribution in [0, 0.1) is 0 Å². The fourth-order valence-corrected chi connectivity index (χ4v) is 4.12. The molecule has 0 aliphatic carbocycles. The second-order valence-corrected chi connectivity index (χ2v) is 9.58. The average molecular weight is 511 g/mol. The van der Waals surface area contributed by atoms with E-state index in [-0.39, 0.29) is 47.7 Å². The smallest absolute Gasteiger partial charge is 0.726 e. The van der Waals surface area contributed by atoms with Crippen molar-refractivity contribution >= 4 is 43.0 Å². The van der Waals surface area contributed by atoms with Crippen LogP contribution >= 0.6 is 0 Å². The summed E-state index contributed by atoms with van der Waals surface area (Å²) in [5, 5.41) is 26.3. The Balaban J connectivity index is 0.00000544. The summed E-state index contributed by atoms with van der Waals surface area (Å²) in [7, 11) is -8.82. The molecule has 0 saturated carbocycles. The van der Waals surface area contributed by atoms with Crippen molar-refractivity contribution in [3.63, 3.8) is 0 Å². The Hall–Kier alpha value is -1.62. The zero-order valence-corrected chi connectivity index (χ0v) is 21.5. The first kappa shape index (κ1) is 29.4. The number of sulfone groups is 1. The van der Waals surface area contributed by atoms with Crippen LogP contribution in [0.4, 0.5) is 22.7 Å². The van der Waals surface area contributed by atoms with Gasteiger partial charge in [0, 0.05) is 18.8 Å². The summed E-state index contributed by atoms with van der Waals surface area (Å²) in [6.45, 7) is -0.293. The largest absolute Gasteiger partial charge is 1.00 e. The van der Waals surface area contributed by atoms with Crippen LogP contribution in [0.15, 0.2) is 57.6 Å². The van der Waals surface area contributed by atoms with Crippen molar-refractivity contribution in [3.05, 3.63) is 42.5 Å². The molecule has 2 aromatic carbocycles. The van der Waals surface area contributed by atoms with Gasteiger partial charge in [0.15, 0.2) is 9.84 Å². The number of rotatable bonds is 12. The Morgan fingerprint density at radius 3 is 2.09 bits per heavy atom. The summed E-state index contributed by atoms with van der Waals surface area (Å²) in [4.78, 5) is 1.66. The molecule has 0 aromatic heterocycles. The van der Waals surface area contributed by atoms with E-state index < -0.39 is 32.6 Å². The number of nitrogen functional groups attached to an aromatic ring is 1. The zero-order chi connectivity index (χ0) is 23.8. The molecule has 0 unspecified atom stereocenters. The molecule has 2 rings (SSSR count). The molecule has 33 heavy (non-hydrogen) atoms. The van der Waals surface area contributed by atoms with Crippen molar-refractivity contribution in [1.82, 2.24) is 0 Å². The van der Waals surface area contributed by atoms with E-state index in [1.54, 1.807) is 23.1 Å². The Kier molecular flexibility index (Phi) is 11.9. The summed E-state index contributed by atoms with van der Waals surface area (Å²) >= 11 is 0. The second kappa shape index (κ2) is 13.3. The van der Waals surface area contributed by atoms with Crippen molar-refractivity contribution in [2.24, 2.45) is 10.2 Å². The summed E-state index contributed by atoms with van der Waals surface area (Å²) in [5.74, 6) is -0.679. The maximum Gasteiger partial charge on any atom is 1.00 e. The van der Waals surface area contributed by atoms with Gasteiger partial charge in [0.2, 0.25) is 10.4 Å². The number of anilines is 2. The number of hydrogen-bond donors (Lipinski definition) is 3. The minimum atomic E-state index is -4.96. The summed E-state index contributed by atoms with van der Waals surface area (Å²) < 4.78 is 59.4. The van der Waals surface area contributed by atoms with Gasteiger partial charge in [0.25, 0.3) is 0 Å². The molecule has 0 atom stereocenters. The molecule has 0 aliphatic heterocycles. The average Bonchev–Trinajstić information content (AvgIpc) is 2.72. The van der Waals surface area contributed by atoms with E-state index in [0.717, 1.165) is 0 Å². The first-order valence-electron chi connectivity index (χ1n) is 9.27. The number of azo groups is 1. The van der Waals surface area contributed by atoms with Gasteiger partial charge in [-0.15, -0.1) is 5.11 Å². The summed E-state index contributed by atoms with van der Waals surface area (Å²) in [6.07, 6.45) is 0.